The molecule has 0 radical (unpaired) electrons. The molecular formula is C17H24N2O. The van der Waals surface area contributed by atoms with Crippen molar-refractivity contribution in [2.24, 2.45) is 16.7 Å². The molecule has 1 saturated carbocycles. The predicted octanol–water partition coefficient (Wildman–Crippen LogP) is 3.12. The maximum absolute atomic E-state index is 11.5. The molecule has 1 unspecified atom stereocenters. The lowest BCUT2D eigenvalue weighted by Crippen LogP contribution is -2.21. The summed E-state index contributed by atoms with van der Waals surface area (Å²) in [5.41, 5.74) is 4.08. The van der Waals surface area contributed by atoms with Crippen LogP contribution in [0.2, 0.25) is 0 Å². The second-order valence-electron chi connectivity index (χ2n) is 7.33. The van der Waals surface area contributed by atoms with Gasteiger partial charge in [0.25, 0.3) is 0 Å². The quantitative estimate of drug-likeness (QED) is 0.887. The number of amides is 1. The highest BCUT2D eigenvalue weighted by molar-refractivity contribution is 5.99. The summed E-state index contributed by atoms with van der Waals surface area (Å²) in [4.78, 5) is 11.5. The van der Waals surface area contributed by atoms with Crippen molar-refractivity contribution >= 4 is 11.6 Å². The van der Waals surface area contributed by atoms with Crippen molar-refractivity contribution in [3.8, 4) is 0 Å². The molecule has 0 bridgehead atoms. The number of rotatable bonds is 3. The Kier molecular flexibility index (Phi) is 2.78. The fourth-order valence-corrected chi connectivity index (χ4v) is 4.05. The van der Waals surface area contributed by atoms with Gasteiger partial charge in [0.1, 0.15) is 0 Å². The molecule has 1 heterocycles. The van der Waals surface area contributed by atoms with Crippen molar-refractivity contribution < 1.29 is 4.79 Å². The van der Waals surface area contributed by atoms with Crippen LogP contribution in [-0.4, -0.2) is 13.0 Å². The van der Waals surface area contributed by atoms with Crippen LogP contribution in [-0.2, 0) is 11.2 Å². The minimum Gasteiger partial charge on any atom is -0.326 e. The van der Waals surface area contributed by atoms with Crippen LogP contribution < -0.4 is 10.6 Å². The summed E-state index contributed by atoms with van der Waals surface area (Å²) >= 11 is 0. The average Bonchev–Trinajstić information content (AvgIpc) is 2.68. The summed E-state index contributed by atoms with van der Waals surface area (Å²) in [6.07, 6.45) is 0.511. The molecule has 3 rings (SSSR count). The van der Waals surface area contributed by atoms with E-state index in [-0.39, 0.29) is 5.91 Å². The average molecular weight is 272 g/mol. The summed E-state index contributed by atoms with van der Waals surface area (Å²) < 4.78 is 0. The van der Waals surface area contributed by atoms with Crippen molar-refractivity contribution in [1.29, 1.82) is 0 Å². The Balaban J connectivity index is 1.93. The van der Waals surface area contributed by atoms with Crippen LogP contribution in [0.3, 0.4) is 0 Å². The number of fused-ring (bicyclic) bond motifs is 1. The molecule has 20 heavy (non-hydrogen) atoms. The van der Waals surface area contributed by atoms with Gasteiger partial charge in [-0.3, -0.25) is 4.79 Å². The van der Waals surface area contributed by atoms with Crippen LogP contribution >= 0.6 is 0 Å². The molecule has 0 saturated heterocycles. The van der Waals surface area contributed by atoms with Gasteiger partial charge in [0.15, 0.2) is 0 Å². The van der Waals surface area contributed by atoms with Gasteiger partial charge in [-0.2, -0.15) is 0 Å². The zero-order chi connectivity index (χ0) is 14.7. The SMILES string of the molecule is CNC(c1ccc2c(c1)CC(=O)N2)C1C(C)(C)C1(C)C. The molecule has 3 heteroatoms. The van der Waals surface area contributed by atoms with Gasteiger partial charge in [0, 0.05) is 11.7 Å². The summed E-state index contributed by atoms with van der Waals surface area (Å²) in [5.74, 6) is 0.716. The molecule has 1 amide bonds. The van der Waals surface area contributed by atoms with E-state index in [1.165, 1.54) is 5.56 Å². The van der Waals surface area contributed by atoms with Gasteiger partial charge < -0.3 is 10.6 Å². The largest absolute Gasteiger partial charge is 0.326 e. The summed E-state index contributed by atoms with van der Waals surface area (Å²) in [7, 11) is 2.03. The number of hydrogen-bond acceptors (Lipinski definition) is 2. The topological polar surface area (TPSA) is 41.1 Å². The van der Waals surface area contributed by atoms with Crippen molar-refractivity contribution in [1.82, 2.24) is 5.32 Å². The van der Waals surface area contributed by atoms with E-state index in [1.54, 1.807) is 0 Å². The Labute approximate surface area is 121 Å². The third-order valence-corrected chi connectivity index (χ3v) is 5.89. The van der Waals surface area contributed by atoms with Crippen LogP contribution in [0.1, 0.15) is 44.9 Å². The Morgan fingerprint density at radius 1 is 1.25 bits per heavy atom. The van der Waals surface area contributed by atoms with Gasteiger partial charge in [-0.15, -0.1) is 0 Å². The molecule has 1 atom stereocenters. The maximum Gasteiger partial charge on any atom is 0.228 e. The van der Waals surface area contributed by atoms with Crippen molar-refractivity contribution in [2.45, 2.75) is 40.2 Å². The number of nitrogens with one attached hydrogen (secondary N) is 2. The van der Waals surface area contributed by atoms with E-state index in [1.807, 2.05) is 13.1 Å². The van der Waals surface area contributed by atoms with E-state index < -0.39 is 0 Å². The number of hydrogen-bond donors (Lipinski definition) is 2. The van der Waals surface area contributed by atoms with E-state index in [9.17, 15) is 4.79 Å². The van der Waals surface area contributed by atoms with Gasteiger partial charge in [-0.05, 0) is 41.0 Å². The number of carbonyl (C=O) groups excluding carboxylic acids is 1. The molecule has 2 aliphatic rings. The Morgan fingerprint density at radius 2 is 1.90 bits per heavy atom. The third kappa shape index (κ3) is 1.72. The van der Waals surface area contributed by atoms with Gasteiger partial charge in [-0.25, -0.2) is 0 Å². The van der Waals surface area contributed by atoms with Crippen molar-refractivity contribution in [2.75, 3.05) is 12.4 Å². The summed E-state index contributed by atoms with van der Waals surface area (Å²) in [6, 6.07) is 6.73. The molecule has 1 aliphatic heterocycles. The summed E-state index contributed by atoms with van der Waals surface area (Å²) in [6.45, 7) is 9.39. The van der Waals surface area contributed by atoms with Crippen LogP contribution in [0.25, 0.3) is 0 Å². The van der Waals surface area contributed by atoms with Crippen LogP contribution in [0, 0.1) is 16.7 Å². The fourth-order valence-electron chi connectivity index (χ4n) is 4.05. The van der Waals surface area contributed by atoms with E-state index in [2.05, 4.69) is 50.5 Å². The number of benzene rings is 1. The molecule has 108 valence electrons. The normalized spacial score (nSPS) is 24.1. The lowest BCUT2D eigenvalue weighted by Gasteiger charge is -2.20. The molecular weight excluding hydrogens is 248 g/mol. The Hall–Kier alpha value is -1.35. The fraction of sp³-hybridized carbons (Fsp3) is 0.588. The number of anilines is 1. The monoisotopic (exact) mass is 272 g/mol. The van der Waals surface area contributed by atoms with Crippen molar-refractivity contribution in [3.05, 3.63) is 29.3 Å². The van der Waals surface area contributed by atoms with Gasteiger partial charge in [-0.1, -0.05) is 39.8 Å². The molecule has 1 fully saturated rings. The standard InChI is InChI=1S/C17H24N2O/c1-16(2)15(17(16,3)4)14(18-5)10-6-7-12-11(8-10)9-13(20)19-12/h6-8,14-15,18H,9H2,1-5H3,(H,19,20). The molecule has 0 aromatic heterocycles. The van der Waals surface area contributed by atoms with E-state index in [0.29, 0.717) is 29.2 Å². The zero-order valence-electron chi connectivity index (χ0n) is 13.0. The molecule has 3 nitrogen and oxygen atoms in total. The highest BCUT2D eigenvalue weighted by atomic mass is 16.1. The first-order chi connectivity index (χ1) is 9.29. The Bertz CT molecular complexity index is 560. The zero-order valence-corrected chi connectivity index (χ0v) is 13.0. The second kappa shape index (κ2) is 4.08. The highest BCUT2D eigenvalue weighted by Crippen LogP contribution is 2.72. The first-order valence-electron chi connectivity index (χ1n) is 7.39. The minimum absolute atomic E-state index is 0.102. The lowest BCUT2D eigenvalue weighted by molar-refractivity contribution is -0.115. The second-order valence-corrected chi connectivity index (χ2v) is 7.33. The molecule has 0 spiro atoms. The first-order valence-corrected chi connectivity index (χ1v) is 7.39. The van der Waals surface area contributed by atoms with E-state index in [0.717, 1.165) is 11.3 Å². The number of carbonyl (C=O) groups is 1. The molecule has 1 aliphatic carbocycles. The molecule has 1 aromatic rings. The van der Waals surface area contributed by atoms with Crippen molar-refractivity contribution in [3.63, 3.8) is 0 Å². The van der Waals surface area contributed by atoms with Gasteiger partial charge in [0.05, 0.1) is 6.42 Å². The first kappa shape index (κ1) is 13.6. The van der Waals surface area contributed by atoms with E-state index >= 15 is 0 Å². The third-order valence-electron chi connectivity index (χ3n) is 5.89. The molecule has 1 aromatic carbocycles. The lowest BCUT2D eigenvalue weighted by atomic mass is 9.94. The minimum atomic E-state index is 0.102. The summed E-state index contributed by atoms with van der Waals surface area (Å²) in [5, 5.41) is 6.39. The van der Waals surface area contributed by atoms with Gasteiger partial charge >= 0.3 is 0 Å². The van der Waals surface area contributed by atoms with Crippen LogP contribution in [0.15, 0.2) is 18.2 Å². The predicted molar refractivity (Wildman–Crippen MR) is 81.6 cm³/mol. The maximum atomic E-state index is 11.5. The van der Waals surface area contributed by atoms with Crippen LogP contribution in [0.4, 0.5) is 5.69 Å². The van der Waals surface area contributed by atoms with Gasteiger partial charge in [0.2, 0.25) is 5.91 Å². The Morgan fingerprint density at radius 3 is 2.45 bits per heavy atom. The highest BCUT2D eigenvalue weighted by Gasteiger charge is 2.67. The smallest absolute Gasteiger partial charge is 0.228 e. The molecule has 2 N–H and O–H groups in total. The van der Waals surface area contributed by atoms with E-state index in [4.69, 9.17) is 0 Å². The van der Waals surface area contributed by atoms with Crippen LogP contribution in [0.5, 0.6) is 0 Å².